The zero-order valence-electron chi connectivity index (χ0n) is 10.8. The molecule has 3 nitrogen and oxygen atoms in total. The van der Waals surface area contributed by atoms with Gasteiger partial charge in [-0.25, -0.2) is 4.79 Å². The van der Waals surface area contributed by atoms with E-state index >= 15 is 0 Å². The minimum Gasteiger partial charge on any atom is -0.446 e. The number of ether oxygens (including phenoxy) is 1. The monoisotopic (exact) mass is 255 g/mol. The number of benzene rings is 2. The Kier molecular flexibility index (Phi) is 3.36. The smallest absolute Gasteiger partial charge is 0.411 e. The molecule has 3 heteroatoms. The van der Waals surface area contributed by atoms with Crippen molar-refractivity contribution in [3.63, 3.8) is 0 Å². The Bertz CT molecular complexity index is 583. The number of hydrogen-bond acceptors (Lipinski definition) is 2. The van der Waals surface area contributed by atoms with E-state index < -0.39 is 0 Å². The number of nitrogens with one attached hydrogen (secondary N) is 1. The maximum absolute atomic E-state index is 11.9. The van der Waals surface area contributed by atoms with Gasteiger partial charge in [0, 0.05) is 5.39 Å². The lowest BCUT2D eigenvalue weighted by Gasteiger charge is -2.13. The van der Waals surface area contributed by atoms with E-state index in [4.69, 9.17) is 4.74 Å². The number of carbonyl (C=O) groups is 1. The maximum atomic E-state index is 11.9. The summed E-state index contributed by atoms with van der Waals surface area (Å²) in [4.78, 5) is 11.9. The van der Waals surface area contributed by atoms with Gasteiger partial charge in [0.15, 0.2) is 0 Å². The molecule has 1 N–H and O–H groups in total. The zero-order chi connectivity index (χ0) is 13.1. The van der Waals surface area contributed by atoms with Crippen LogP contribution in [0.3, 0.4) is 0 Å². The minimum atomic E-state index is -0.344. The highest BCUT2D eigenvalue weighted by molar-refractivity contribution is 6.00. The molecule has 0 bridgehead atoms. The van der Waals surface area contributed by atoms with E-state index in [2.05, 4.69) is 5.32 Å². The van der Waals surface area contributed by atoms with Gasteiger partial charge in [0.25, 0.3) is 0 Å². The van der Waals surface area contributed by atoms with Gasteiger partial charge in [-0.05, 0) is 37.1 Å². The number of amides is 1. The summed E-state index contributed by atoms with van der Waals surface area (Å²) in [5.74, 6) is 0. The topological polar surface area (TPSA) is 38.3 Å². The summed E-state index contributed by atoms with van der Waals surface area (Å²) in [6.07, 6.45) is 4.04. The van der Waals surface area contributed by atoms with Gasteiger partial charge >= 0.3 is 6.09 Å². The standard InChI is InChI=1S/C16H17NO2/c18-16(19-13-8-2-3-9-13)17-15-11-5-7-12-6-1-4-10-14(12)15/h1,4-7,10-11,13H,2-3,8-9H2,(H,17,18). The first kappa shape index (κ1) is 12.0. The highest BCUT2D eigenvalue weighted by Gasteiger charge is 2.19. The van der Waals surface area contributed by atoms with Crippen LogP contribution in [0.4, 0.5) is 10.5 Å². The normalized spacial score (nSPS) is 15.6. The minimum absolute atomic E-state index is 0.0926. The summed E-state index contributed by atoms with van der Waals surface area (Å²) < 4.78 is 5.41. The van der Waals surface area contributed by atoms with Crippen molar-refractivity contribution in [1.82, 2.24) is 0 Å². The molecular weight excluding hydrogens is 238 g/mol. The van der Waals surface area contributed by atoms with E-state index in [9.17, 15) is 4.79 Å². The molecule has 1 saturated carbocycles. The average Bonchev–Trinajstić information content (AvgIpc) is 2.92. The first-order valence-electron chi connectivity index (χ1n) is 6.78. The van der Waals surface area contributed by atoms with Crippen LogP contribution in [0.1, 0.15) is 25.7 Å². The van der Waals surface area contributed by atoms with Gasteiger partial charge in [0.2, 0.25) is 0 Å². The first-order valence-corrected chi connectivity index (χ1v) is 6.78. The van der Waals surface area contributed by atoms with E-state index in [1.165, 1.54) is 0 Å². The van der Waals surface area contributed by atoms with Crippen molar-refractivity contribution in [3.8, 4) is 0 Å². The number of carbonyl (C=O) groups excluding carboxylic acids is 1. The molecule has 1 fully saturated rings. The average molecular weight is 255 g/mol. The second kappa shape index (κ2) is 5.31. The van der Waals surface area contributed by atoms with Gasteiger partial charge in [-0.1, -0.05) is 36.4 Å². The molecule has 0 aliphatic heterocycles. The summed E-state index contributed by atoms with van der Waals surface area (Å²) in [6, 6.07) is 13.9. The molecule has 0 unspecified atom stereocenters. The number of anilines is 1. The van der Waals surface area contributed by atoms with Crippen molar-refractivity contribution in [2.24, 2.45) is 0 Å². The second-order valence-electron chi connectivity index (χ2n) is 4.96. The highest BCUT2D eigenvalue weighted by atomic mass is 16.6. The Labute approximate surface area is 112 Å². The van der Waals surface area contributed by atoms with Crippen LogP contribution < -0.4 is 5.32 Å². The van der Waals surface area contributed by atoms with Gasteiger partial charge in [0.1, 0.15) is 6.10 Å². The third-order valence-electron chi connectivity index (χ3n) is 3.60. The molecule has 3 rings (SSSR count). The van der Waals surface area contributed by atoms with Crippen molar-refractivity contribution in [2.75, 3.05) is 5.32 Å². The summed E-state index contributed by atoms with van der Waals surface area (Å²) in [5.41, 5.74) is 0.807. The highest BCUT2D eigenvalue weighted by Crippen LogP contribution is 2.24. The fourth-order valence-electron chi connectivity index (χ4n) is 2.63. The molecule has 98 valence electrons. The van der Waals surface area contributed by atoms with Crippen molar-refractivity contribution in [1.29, 1.82) is 0 Å². The molecule has 0 atom stereocenters. The van der Waals surface area contributed by atoms with Crippen molar-refractivity contribution >= 4 is 22.6 Å². The summed E-state index contributed by atoms with van der Waals surface area (Å²) in [5, 5.41) is 5.00. The predicted octanol–water partition coefficient (Wildman–Crippen LogP) is 4.33. The molecule has 0 spiro atoms. The van der Waals surface area contributed by atoms with Crippen molar-refractivity contribution in [3.05, 3.63) is 42.5 Å². The van der Waals surface area contributed by atoms with E-state index in [1.54, 1.807) is 0 Å². The molecule has 2 aromatic carbocycles. The van der Waals surface area contributed by atoms with E-state index in [0.717, 1.165) is 42.1 Å². The second-order valence-corrected chi connectivity index (χ2v) is 4.96. The van der Waals surface area contributed by atoms with Gasteiger partial charge in [-0.3, -0.25) is 5.32 Å². The Morgan fingerprint density at radius 1 is 1.05 bits per heavy atom. The Morgan fingerprint density at radius 2 is 1.79 bits per heavy atom. The van der Waals surface area contributed by atoms with Crippen LogP contribution in [0.2, 0.25) is 0 Å². The number of hydrogen-bond donors (Lipinski definition) is 1. The molecule has 1 aliphatic carbocycles. The Balaban J connectivity index is 1.75. The largest absolute Gasteiger partial charge is 0.446 e. The lowest BCUT2D eigenvalue weighted by atomic mass is 10.1. The molecule has 0 saturated heterocycles. The molecule has 0 radical (unpaired) electrons. The van der Waals surface area contributed by atoms with Crippen molar-refractivity contribution < 1.29 is 9.53 Å². The van der Waals surface area contributed by atoms with E-state index in [0.29, 0.717) is 0 Å². The van der Waals surface area contributed by atoms with E-state index in [-0.39, 0.29) is 12.2 Å². The molecule has 1 amide bonds. The van der Waals surface area contributed by atoms with Gasteiger partial charge in [0.05, 0.1) is 5.69 Å². The van der Waals surface area contributed by atoms with Crippen LogP contribution in [-0.4, -0.2) is 12.2 Å². The third-order valence-corrected chi connectivity index (χ3v) is 3.60. The lowest BCUT2D eigenvalue weighted by molar-refractivity contribution is 0.114. The molecule has 0 aromatic heterocycles. The number of rotatable bonds is 2. The fraction of sp³-hybridized carbons (Fsp3) is 0.312. The molecule has 19 heavy (non-hydrogen) atoms. The van der Waals surface area contributed by atoms with Gasteiger partial charge < -0.3 is 4.74 Å². The van der Waals surface area contributed by atoms with Crippen LogP contribution >= 0.6 is 0 Å². The van der Waals surface area contributed by atoms with Crippen LogP contribution in [0.15, 0.2) is 42.5 Å². The Morgan fingerprint density at radius 3 is 2.63 bits per heavy atom. The summed E-state index contributed by atoms with van der Waals surface area (Å²) >= 11 is 0. The van der Waals surface area contributed by atoms with Crippen LogP contribution in [-0.2, 0) is 4.74 Å². The zero-order valence-corrected chi connectivity index (χ0v) is 10.8. The molecule has 2 aromatic rings. The van der Waals surface area contributed by atoms with Crippen LogP contribution in [0.25, 0.3) is 10.8 Å². The fourth-order valence-corrected chi connectivity index (χ4v) is 2.63. The quantitative estimate of drug-likeness (QED) is 0.867. The predicted molar refractivity (Wildman–Crippen MR) is 76.3 cm³/mol. The molecular formula is C16H17NO2. The van der Waals surface area contributed by atoms with E-state index in [1.807, 2.05) is 42.5 Å². The Hall–Kier alpha value is -2.03. The third kappa shape index (κ3) is 2.70. The summed E-state index contributed by atoms with van der Waals surface area (Å²) in [6.45, 7) is 0. The molecule has 1 aliphatic rings. The van der Waals surface area contributed by atoms with Gasteiger partial charge in [-0.15, -0.1) is 0 Å². The number of fused-ring (bicyclic) bond motifs is 1. The lowest BCUT2D eigenvalue weighted by Crippen LogP contribution is -2.20. The maximum Gasteiger partial charge on any atom is 0.411 e. The van der Waals surface area contributed by atoms with Crippen molar-refractivity contribution in [2.45, 2.75) is 31.8 Å². The molecule has 0 heterocycles. The van der Waals surface area contributed by atoms with Crippen LogP contribution in [0.5, 0.6) is 0 Å². The van der Waals surface area contributed by atoms with Gasteiger partial charge in [-0.2, -0.15) is 0 Å². The SMILES string of the molecule is O=C(Nc1cccc2ccccc12)OC1CCCC1. The first-order chi connectivity index (χ1) is 9.33. The van der Waals surface area contributed by atoms with Crippen LogP contribution in [0, 0.1) is 0 Å². The summed E-state index contributed by atoms with van der Waals surface area (Å²) in [7, 11) is 0.